The lowest BCUT2D eigenvalue weighted by atomic mass is 9.58. The number of carbonyl (C=O) groups is 1. The quantitative estimate of drug-likeness (QED) is 0.836. The molecule has 22 heavy (non-hydrogen) atoms. The van der Waals surface area contributed by atoms with Crippen LogP contribution in [0.25, 0.3) is 0 Å². The van der Waals surface area contributed by atoms with Crippen LogP contribution in [0.2, 0.25) is 0 Å². The zero-order chi connectivity index (χ0) is 15.7. The number of nitrogens with one attached hydrogen (secondary N) is 1. The zero-order valence-electron chi connectivity index (χ0n) is 13.9. The number of nitrogens with zero attached hydrogens (tertiary/aromatic N) is 1. The Morgan fingerprint density at radius 2 is 2.09 bits per heavy atom. The van der Waals surface area contributed by atoms with Gasteiger partial charge in [0, 0.05) is 37.6 Å². The van der Waals surface area contributed by atoms with Crippen molar-refractivity contribution >= 4 is 6.03 Å². The number of hydrogen-bond acceptors (Lipinski definition) is 3. The first-order chi connectivity index (χ1) is 10.6. The molecule has 5 nitrogen and oxygen atoms in total. The summed E-state index contributed by atoms with van der Waals surface area (Å²) < 4.78 is 5.78. The predicted octanol–water partition coefficient (Wildman–Crippen LogP) is 2.14. The Labute approximate surface area is 133 Å². The van der Waals surface area contributed by atoms with Crippen LogP contribution in [0.5, 0.6) is 0 Å². The number of urea groups is 1. The van der Waals surface area contributed by atoms with Crippen LogP contribution >= 0.6 is 0 Å². The summed E-state index contributed by atoms with van der Waals surface area (Å²) in [6.07, 6.45) is 6.15. The number of hydrogen-bond donors (Lipinski definition) is 2. The maximum atomic E-state index is 12.4. The van der Waals surface area contributed by atoms with Crippen molar-refractivity contribution in [3.05, 3.63) is 0 Å². The summed E-state index contributed by atoms with van der Waals surface area (Å²) in [6, 6.07) is 0.346. The van der Waals surface area contributed by atoms with Gasteiger partial charge in [-0.2, -0.15) is 0 Å². The minimum absolute atomic E-state index is 0.0658. The molecule has 0 aromatic heterocycles. The fraction of sp³-hybridized carbons (Fsp3) is 0.941. The van der Waals surface area contributed by atoms with E-state index in [-0.39, 0.29) is 29.7 Å². The predicted molar refractivity (Wildman–Crippen MR) is 84.6 cm³/mol. The molecule has 2 saturated carbocycles. The van der Waals surface area contributed by atoms with Crippen LogP contribution in [0, 0.1) is 11.3 Å². The van der Waals surface area contributed by atoms with E-state index in [0.717, 1.165) is 32.4 Å². The molecule has 2 N–H and O–H groups in total. The van der Waals surface area contributed by atoms with Gasteiger partial charge < -0.3 is 20.1 Å². The van der Waals surface area contributed by atoms with Gasteiger partial charge >= 0.3 is 6.03 Å². The lowest BCUT2D eigenvalue weighted by Crippen LogP contribution is -2.63. The molecule has 1 aliphatic heterocycles. The van der Waals surface area contributed by atoms with Gasteiger partial charge in [0.05, 0.1) is 12.2 Å². The number of aliphatic hydroxyl groups excluding tert-OH is 1. The van der Waals surface area contributed by atoms with Gasteiger partial charge in [-0.15, -0.1) is 0 Å². The highest BCUT2D eigenvalue weighted by atomic mass is 16.5. The molecular weight excluding hydrogens is 280 g/mol. The van der Waals surface area contributed by atoms with E-state index >= 15 is 0 Å². The second-order valence-corrected chi connectivity index (χ2v) is 7.34. The molecule has 126 valence electrons. The van der Waals surface area contributed by atoms with E-state index in [4.69, 9.17) is 4.74 Å². The van der Waals surface area contributed by atoms with Crippen LogP contribution in [-0.4, -0.2) is 54.0 Å². The first-order valence-corrected chi connectivity index (χ1v) is 8.92. The fourth-order valence-electron chi connectivity index (χ4n) is 4.29. The standard InChI is InChI=1S/C17H30N2O3/c1-3-22-15-11-14(20)17(15)7-9-19(10-8-17)16(21)18-12(2)13-5-4-6-13/h12-15,20H,3-11H2,1-2H3,(H,18,21). The van der Waals surface area contributed by atoms with Gasteiger partial charge in [-0.1, -0.05) is 6.42 Å². The Bertz CT molecular complexity index is 401. The van der Waals surface area contributed by atoms with Crippen LogP contribution in [-0.2, 0) is 4.74 Å². The minimum atomic E-state index is -0.261. The number of aliphatic hydroxyl groups is 1. The molecule has 1 heterocycles. The fourth-order valence-corrected chi connectivity index (χ4v) is 4.29. The van der Waals surface area contributed by atoms with E-state index in [1.165, 1.54) is 19.3 Å². The summed E-state index contributed by atoms with van der Waals surface area (Å²) in [7, 11) is 0. The molecule has 3 fully saturated rings. The molecule has 3 unspecified atom stereocenters. The molecule has 1 spiro atoms. The maximum Gasteiger partial charge on any atom is 0.317 e. The van der Waals surface area contributed by atoms with Gasteiger partial charge in [-0.25, -0.2) is 4.79 Å². The average Bonchev–Trinajstić information content (AvgIpc) is 2.45. The molecule has 3 aliphatic rings. The zero-order valence-corrected chi connectivity index (χ0v) is 13.9. The summed E-state index contributed by atoms with van der Waals surface area (Å²) in [5.41, 5.74) is -0.105. The molecule has 3 atom stereocenters. The number of piperidine rings is 1. The van der Waals surface area contributed by atoms with Gasteiger partial charge in [0.2, 0.25) is 0 Å². The summed E-state index contributed by atoms with van der Waals surface area (Å²) in [6.45, 7) is 6.27. The molecule has 0 aromatic carbocycles. The number of rotatable bonds is 4. The van der Waals surface area contributed by atoms with Gasteiger partial charge in [0.1, 0.15) is 0 Å². The van der Waals surface area contributed by atoms with Gasteiger partial charge in [-0.3, -0.25) is 0 Å². The van der Waals surface area contributed by atoms with E-state index in [2.05, 4.69) is 12.2 Å². The Morgan fingerprint density at radius 1 is 1.41 bits per heavy atom. The normalized spacial score (nSPS) is 32.2. The van der Waals surface area contributed by atoms with E-state index < -0.39 is 0 Å². The molecule has 2 aliphatic carbocycles. The van der Waals surface area contributed by atoms with Crippen LogP contribution in [0.1, 0.15) is 52.4 Å². The second kappa shape index (κ2) is 6.36. The average molecular weight is 310 g/mol. The van der Waals surface area contributed by atoms with Crippen molar-refractivity contribution in [1.29, 1.82) is 0 Å². The Kier molecular flexibility index (Phi) is 4.64. The van der Waals surface area contributed by atoms with E-state index in [1.807, 2.05) is 11.8 Å². The van der Waals surface area contributed by atoms with Gasteiger partial charge in [0.15, 0.2) is 0 Å². The summed E-state index contributed by atoms with van der Waals surface area (Å²) in [5.74, 6) is 0.663. The topological polar surface area (TPSA) is 61.8 Å². The van der Waals surface area contributed by atoms with Gasteiger partial charge in [-0.05, 0) is 45.4 Å². The van der Waals surface area contributed by atoms with Crippen molar-refractivity contribution in [2.24, 2.45) is 11.3 Å². The van der Waals surface area contributed by atoms with E-state index in [0.29, 0.717) is 12.5 Å². The lowest BCUT2D eigenvalue weighted by molar-refractivity contribution is -0.207. The van der Waals surface area contributed by atoms with Crippen molar-refractivity contribution in [3.8, 4) is 0 Å². The summed E-state index contributed by atoms with van der Waals surface area (Å²) in [5, 5.41) is 13.4. The summed E-state index contributed by atoms with van der Waals surface area (Å²) >= 11 is 0. The maximum absolute atomic E-state index is 12.4. The Hall–Kier alpha value is -0.810. The molecule has 0 radical (unpaired) electrons. The van der Waals surface area contributed by atoms with Crippen LogP contribution in [0.3, 0.4) is 0 Å². The third-order valence-electron chi connectivity index (χ3n) is 6.30. The first kappa shape index (κ1) is 16.1. The number of amides is 2. The van der Waals surface area contributed by atoms with Crippen LogP contribution < -0.4 is 5.32 Å². The van der Waals surface area contributed by atoms with Crippen molar-refractivity contribution in [2.45, 2.75) is 70.6 Å². The highest BCUT2D eigenvalue weighted by Gasteiger charge is 2.56. The van der Waals surface area contributed by atoms with Crippen molar-refractivity contribution in [2.75, 3.05) is 19.7 Å². The molecule has 2 amide bonds. The van der Waals surface area contributed by atoms with Crippen molar-refractivity contribution in [1.82, 2.24) is 10.2 Å². The molecule has 1 saturated heterocycles. The van der Waals surface area contributed by atoms with Crippen molar-refractivity contribution in [3.63, 3.8) is 0 Å². The third-order valence-corrected chi connectivity index (χ3v) is 6.30. The Morgan fingerprint density at radius 3 is 2.59 bits per heavy atom. The number of ether oxygens (including phenoxy) is 1. The number of likely N-dealkylation sites (tertiary alicyclic amines) is 1. The SMILES string of the molecule is CCOC1CC(O)C12CCN(C(=O)NC(C)C1CCC1)CC2. The smallest absolute Gasteiger partial charge is 0.317 e. The highest BCUT2D eigenvalue weighted by Crippen LogP contribution is 2.50. The van der Waals surface area contributed by atoms with Crippen LogP contribution in [0.4, 0.5) is 4.79 Å². The second-order valence-electron chi connectivity index (χ2n) is 7.34. The Balaban J connectivity index is 1.49. The van der Waals surface area contributed by atoms with E-state index in [1.54, 1.807) is 0 Å². The molecular formula is C17H30N2O3. The monoisotopic (exact) mass is 310 g/mol. The molecule has 3 rings (SSSR count). The largest absolute Gasteiger partial charge is 0.392 e. The lowest BCUT2D eigenvalue weighted by Gasteiger charge is -2.56. The summed E-state index contributed by atoms with van der Waals surface area (Å²) in [4.78, 5) is 14.3. The van der Waals surface area contributed by atoms with E-state index in [9.17, 15) is 9.90 Å². The number of carbonyl (C=O) groups excluding carboxylic acids is 1. The van der Waals surface area contributed by atoms with Gasteiger partial charge in [0.25, 0.3) is 0 Å². The minimum Gasteiger partial charge on any atom is -0.392 e. The highest BCUT2D eigenvalue weighted by molar-refractivity contribution is 5.74. The molecule has 0 aromatic rings. The first-order valence-electron chi connectivity index (χ1n) is 8.92. The third kappa shape index (κ3) is 2.73. The molecule has 5 heteroatoms. The van der Waals surface area contributed by atoms with Crippen LogP contribution in [0.15, 0.2) is 0 Å². The molecule has 0 bridgehead atoms. The van der Waals surface area contributed by atoms with Crippen molar-refractivity contribution < 1.29 is 14.6 Å².